The molecule has 0 aliphatic carbocycles. The van der Waals surface area contributed by atoms with Crippen molar-refractivity contribution in [3.63, 3.8) is 0 Å². The predicted octanol–water partition coefficient (Wildman–Crippen LogP) is -1.08. The van der Waals surface area contributed by atoms with Gasteiger partial charge in [-0.1, -0.05) is 6.92 Å². The van der Waals surface area contributed by atoms with E-state index < -0.39 is 36.8 Å². The second-order valence-corrected chi connectivity index (χ2v) is 6.08. The average molecular weight is 338 g/mol. The number of aliphatic hydroxyl groups excluding tert-OH is 3. The van der Waals surface area contributed by atoms with Crippen LogP contribution in [0.2, 0.25) is 0 Å². The van der Waals surface area contributed by atoms with Crippen molar-refractivity contribution in [3.05, 3.63) is 22.2 Å². The highest BCUT2D eigenvalue weighted by atomic mass is 16.6. The van der Waals surface area contributed by atoms with Crippen LogP contribution in [-0.2, 0) is 11.2 Å². The van der Waals surface area contributed by atoms with E-state index in [0.29, 0.717) is 24.8 Å². The molecular formula is C15H22N4O5. The summed E-state index contributed by atoms with van der Waals surface area (Å²) in [6, 6.07) is 2.08. The first-order valence-corrected chi connectivity index (χ1v) is 7.76. The molecule has 132 valence electrons. The Hall–Kier alpha value is -1.99. The van der Waals surface area contributed by atoms with E-state index in [0.717, 1.165) is 4.57 Å². The van der Waals surface area contributed by atoms with Gasteiger partial charge in [0.2, 0.25) is 0 Å². The molecule has 0 amide bonds. The van der Waals surface area contributed by atoms with Crippen LogP contribution in [0.1, 0.15) is 31.6 Å². The summed E-state index contributed by atoms with van der Waals surface area (Å²) in [5.41, 5.74) is 5.68. The zero-order chi connectivity index (χ0) is 17.9. The standard InChI is InChI=1S/C15H22N4O5/c1-8(3-2-4-16)5-9-6-19(15(23)18-13(9)17)14-12(22)11(21)10(7-20)24-14/h6,8,10-12,14,20-22H,2-3,5,7H2,1H3,(H2,17,18,23)/t8?,10-,11-,12+,14-/m1/s1. The fourth-order valence-electron chi connectivity index (χ4n) is 2.76. The molecule has 9 heteroatoms. The molecule has 5 N–H and O–H groups in total. The number of ether oxygens (including phenoxy) is 1. The molecule has 1 aromatic heterocycles. The summed E-state index contributed by atoms with van der Waals surface area (Å²) in [7, 11) is 0. The lowest BCUT2D eigenvalue weighted by Crippen LogP contribution is -2.36. The average Bonchev–Trinajstić information content (AvgIpc) is 2.83. The molecule has 1 aliphatic heterocycles. The van der Waals surface area contributed by atoms with Gasteiger partial charge in [0, 0.05) is 18.2 Å². The molecule has 2 rings (SSSR count). The van der Waals surface area contributed by atoms with E-state index >= 15 is 0 Å². The highest BCUT2D eigenvalue weighted by Crippen LogP contribution is 2.29. The summed E-state index contributed by atoms with van der Waals surface area (Å²) < 4.78 is 6.43. The van der Waals surface area contributed by atoms with E-state index in [1.807, 2.05) is 6.92 Å². The van der Waals surface area contributed by atoms with Crippen molar-refractivity contribution in [3.8, 4) is 6.07 Å². The number of hydrogen-bond donors (Lipinski definition) is 4. The Labute approximate surface area is 138 Å². The molecule has 1 aromatic rings. The summed E-state index contributed by atoms with van der Waals surface area (Å²) >= 11 is 0. The molecule has 1 fully saturated rings. The number of anilines is 1. The Kier molecular flexibility index (Phi) is 5.90. The first-order valence-electron chi connectivity index (χ1n) is 7.76. The van der Waals surface area contributed by atoms with Gasteiger partial charge in [-0.15, -0.1) is 0 Å². The maximum atomic E-state index is 12.1. The van der Waals surface area contributed by atoms with Gasteiger partial charge in [0.05, 0.1) is 12.7 Å². The van der Waals surface area contributed by atoms with Crippen molar-refractivity contribution < 1.29 is 20.1 Å². The molecule has 0 aromatic carbocycles. The van der Waals surface area contributed by atoms with Crippen molar-refractivity contribution >= 4 is 5.82 Å². The molecule has 24 heavy (non-hydrogen) atoms. The van der Waals surface area contributed by atoms with Crippen LogP contribution in [0.25, 0.3) is 0 Å². The van der Waals surface area contributed by atoms with E-state index in [1.54, 1.807) is 0 Å². The zero-order valence-electron chi connectivity index (χ0n) is 13.4. The molecule has 0 saturated carbocycles. The van der Waals surface area contributed by atoms with E-state index in [4.69, 9.17) is 20.8 Å². The van der Waals surface area contributed by atoms with Gasteiger partial charge in [-0.2, -0.15) is 10.2 Å². The van der Waals surface area contributed by atoms with Crippen LogP contribution >= 0.6 is 0 Å². The van der Waals surface area contributed by atoms with Crippen LogP contribution in [0.15, 0.2) is 11.0 Å². The van der Waals surface area contributed by atoms with Crippen molar-refractivity contribution in [2.45, 2.75) is 50.7 Å². The number of nitriles is 1. The van der Waals surface area contributed by atoms with Crippen LogP contribution < -0.4 is 11.4 Å². The number of aromatic nitrogens is 2. The Balaban J connectivity index is 2.27. The van der Waals surface area contributed by atoms with Gasteiger partial charge < -0.3 is 25.8 Å². The maximum absolute atomic E-state index is 12.1. The number of aliphatic hydroxyl groups is 3. The summed E-state index contributed by atoms with van der Waals surface area (Å²) in [5.74, 6) is 0.247. The van der Waals surface area contributed by atoms with Gasteiger partial charge in [-0.25, -0.2) is 4.79 Å². The third-order valence-electron chi connectivity index (χ3n) is 4.17. The fourth-order valence-corrected chi connectivity index (χ4v) is 2.76. The molecular weight excluding hydrogens is 316 g/mol. The third-order valence-corrected chi connectivity index (χ3v) is 4.17. The molecule has 0 bridgehead atoms. The molecule has 1 saturated heterocycles. The first-order chi connectivity index (χ1) is 11.4. The number of nitrogen functional groups attached to an aromatic ring is 1. The fraction of sp³-hybridized carbons (Fsp3) is 0.667. The monoisotopic (exact) mass is 338 g/mol. The van der Waals surface area contributed by atoms with Gasteiger partial charge in [-0.3, -0.25) is 4.57 Å². The Bertz CT molecular complexity index is 671. The molecule has 0 spiro atoms. The largest absolute Gasteiger partial charge is 0.394 e. The zero-order valence-corrected chi connectivity index (χ0v) is 13.4. The second kappa shape index (κ2) is 7.72. The summed E-state index contributed by atoms with van der Waals surface area (Å²) in [5, 5.41) is 37.7. The van der Waals surface area contributed by atoms with E-state index in [2.05, 4.69) is 11.1 Å². The normalized spacial score (nSPS) is 27.8. The van der Waals surface area contributed by atoms with Gasteiger partial charge in [0.15, 0.2) is 6.23 Å². The molecule has 5 atom stereocenters. The lowest BCUT2D eigenvalue weighted by molar-refractivity contribution is -0.0550. The van der Waals surface area contributed by atoms with Gasteiger partial charge in [0.25, 0.3) is 0 Å². The van der Waals surface area contributed by atoms with Gasteiger partial charge in [-0.05, 0) is 18.8 Å². The first kappa shape index (κ1) is 18.4. The van der Waals surface area contributed by atoms with Crippen molar-refractivity contribution in [2.24, 2.45) is 5.92 Å². The van der Waals surface area contributed by atoms with Crippen LogP contribution in [-0.4, -0.2) is 49.8 Å². The number of hydrogen-bond acceptors (Lipinski definition) is 8. The van der Waals surface area contributed by atoms with Crippen LogP contribution in [0.3, 0.4) is 0 Å². The van der Waals surface area contributed by atoms with E-state index in [-0.39, 0.29) is 11.7 Å². The molecule has 2 heterocycles. The van der Waals surface area contributed by atoms with Gasteiger partial charge in [0.1, 0.15) is 24.1 Å². The quantitative estimate of drug-likeness (QED) is 0.510. The maximum Gasteiger partial charge on any atom is 0.351 e. The summed E-state index contributed by atoms with van der Waals surface area (Å²) in [6.07, 6.45) is -1.73. The van der Waals surface area contributed by atoms with Crippen LogP contribution in [0.5, 0.6) is 0 Å². The van der Waals surface area contributed by atoms with Crippen LogP contribution in [0.4, 0.5) is 5.82 Å². The number of rotatable bonds is 6. The summed E-state index contributed by atoms with van der Waals surface area (Å²) in [6.45, 7) is 1.47. The second-order valence-electron chi connectivity index (χ2n) is 6.08. The Morgan fingerprint density at radius 3 is 2.79 bits per heavy atom. The lowest BCUT2D eigenvalue weighted by atomic mass is 9.98. The van der Waals surface area contributed by atoms with Crippen molar-refractivity contribution in [2.75, 3.05) is 12.3 Å². The van der Waals surface area contributed by atoms with Crippen molar-refractivity contribution in [1.29, 1.82) is 5.26 Å². The minimum absolute atomic E-state index is 0.0896. The minimum atomic E-state index is -1.37. The Morgan fingerprint density at radius 1 is 1.50 bits per heavy atom. The summed E-state index contributed by atoms with van der Waals surface area (Å²) in [4.78, 5) is 15.8. The highest BCUT2D eigenvalue weighted by Gasteiger charge is 2.43. The lowest BCUT2D eigenvalue weighted by Gasteiger charge is -2.19. The smallest absolute Gasteiger partial charge is 0.351 e. The highest BCUT2D eigenvalue weighted by molar-refractivity contribution is 5.37. The number of nitrogens with two attached hydrogens (primary N) is 1. The third kappa shape index (κ3) is 3.73. The van der Waals surface area contributed by atoms with Crippen molar-refractivity contribution in [1.82, 2.24) is 9.55 Å². The molecule has 0 radical (unpaired) electrons. The van der Waals surface area contributed by atoms with E-state index in [9.17, 15) is 15.0 Å². The van der Waals surface area contributed by atoms with Crippen LogP contribution in [0, 0.1) is 17.2 Å². The predicted molar refractivity (Wildman–Crippen MR) is 83.6 cm³/mol. The molecule has 1 aliphatic rings. The van der Waals surface area contributed by atoms with Gasteiger partial charge >= 0.3 is 5.69 Å². The molecule has 1 unspecified atom stereocenters. The minimum Gasteiger partial charge on any atom is -0.394 e. The number of nitrogens with zero attached hydrogens (tertiary/aromatic N) is 3. The topological polar surface area (TPSA) is 155 Å². The van der Waals surface area contributed by atoms with E-state index in [1.165, 1.54) is 6.20 Å². The Morgan fingerprint density at radius 2 is 2.21 bits per heavy atom. The molecule has 9 nitrogen and oxygen atoms in total. The SMILES string of the molecule is CC(CCC#N)Cc1cn([C@@H]2O[C@H](CO)[C@@H](O)[C@@H]2O)c(=O)nc1N.